The van der Waals surface area contributed by atoms with Gasteiger partial charge in [-0.25, -0.2) is 0 Å². The molecule has 0 aliphatic rings. The molecule has 1 aromatic carbocycles. The third-order valence-corrected chi connectivity index (χ3v) is 3.75. The first kappa shape index (κ1) is 13.7. The Morgan fingerprint density at radius 3 is 2.75 bits per heavy atom. The van der Waals surface area contributed by atoms with Gasteiger partial charge in [0.2, 0.25) is 0 Å². The van der Waals surface area contributed by atoms with Gasteiger partial charge in [0.1, 0.15) is 4.83 Å². The Morgan fingerprint density at radius 2 is 2.19 bits per heavy atom. The van der Waals surface area contributed by atoms with E-state index in [1.165, 1.54) is 5.56 Å². The van der Waals surface area contributed by atoms with Gasteiger partial charge in [-0.3, -0.25) is 4.79 Å². The van der Waals surface area contributed by atoms with E-state index in [4.69, 9.17) is 4.74 Å². The molecular weight excluding hydrogens is 336 g/mol. The molecule has 0 amide bonds. The lowest BCUT2D eigenvalue weighted by molar-refractivity contribution is -0.142. The smallest absolute Gasteiger partial charge is 0.320 e. The van der Waals surface area contributed by atoms with Gasteiger partial charge in [-0.2, -0.15) is 0 Å². The summed E-state index contributed by atoms with van der Waals surface area (Å²) < 4.78 is 6.00. The van der Waals surface area contributed by atoms with E-state index in [1.807, 2.05) is 25.1 Å². The van der Waals surface area contributed by atoms with Crippen molar-refractivity contribution < 1.29 is 9.53 Å². The summed E-state index contributed by atoms with van der Waals surface area (Å²) in [4.78, 5) is 11.1. The number of aryl methyl sites for hydroxylation is 1. The number of rotatable bonds is 4. The molecule has 1 atom stereocenters. The monoisotopic (exact) mass is 348 g/mol. The molecule has 0 heterocycles. The first-order valence-corrected chi connectivity index (χ1v) is 6.81. The van der Waals surface area contributed by atoms with E-state index in [2.05, 4.69) is 31.9 Å². The second kappa shape index (κ2) is 6.40. The number of halogens is 2. The lowest BCUT2D eigenvalue weighted by atomic mass is 10.1. The Morgan fingerprint density at radius 1 is 1.50 bits per heavy atom. The second-order valence-corrected chi connectivity index (χ2v) is 5.47. The summed E-state index contributed by atoms with van der Waals surface area (Å²) in [6.45, 7) is 4.25. The quantitative estimate of drug-likeness (QED) is 0.613. The molecule has 0 spiro atoms. The zero-order chi connectivity index (χ0) is 12.1. The van der Waals surface area contributed by atoms with Crippen molar-refractivity contribution in [2.75, 3.05) is 6.61 Å². The van der Waals surface area contributed by atoms with Gasteiger partial charge in [-0.15, -0.1) is 0 Å². The van der Waals surface area contributed by atoms with Crippen LogP contribution in [0.2, 0.25) is 0 Å². The summed E-state index contributed by atoms with van der Waals surface area (Å²) in [5.41, 5.74) is 2.29. The summed E-state index contributed by atoms with van der Waals surface area (Å²) in [6, 6.07) is 6.08. The second-order valence-electron chi connectivity index (χ2n) is 3.51. The van der Waals surface area contributed by atoms with Crippen LogP contribution in [0, 0.1) is 6.92 Å². The van der Waals surface area contributed by atoms with Gasteiger partial charge in [0, 0.05) is 4.47 Å². The largest absolute Gasteiger partial charge is 0.465 e. The summed E-state index contributed by atoms with van der Waals surface area (Å²) >= 11 is 6.81. The molecule has 0 aliphatic carbocycles. The predicted octanol–water partition coefficient (Wildman–Crippen LogP) is 3.63. The Kier molecular flexibility index (Phi) is 5.49. The molecular formula is C12H14Br2O2. The minimum atomic E-state index is -0.276. The molecule has 0 N–H and O–H groups in total. The zero-order valence-corrected chi connectivity index (χ0v) is 12.5. The molecule has 0 saturated heterocycles. The van der Waals surface area contributed by atoms with Crippen LogP contribution < -0.4 is 0 Å². The Bertz CT molecular complexity index is 377. The van der Waals surface area contributed by atoms with Crippen molar-refractivity contribution >= 4 is 37.8 Å². The first-order valence-electron chi connectivity index (χ1n) is 5.10. The molecule has 88 valence electrons. The minimum Gasteiger partial charge on any atom is -0.465 e. The summed E-state index contributed by atoms with van der Waals surface area (Å²) in [7, 11) is 0. The standard InChI is InChI=1S/C12H14Br2O2/c1-3-16-12(15)11(14)7-9-5-4-8(2)10(13)6-9/h4-6,11H,3,7H2,1-2H3. The molecule has 1 unspecified atom stereocenters. The van der Waals surface area contributed by atoms with Crippen LogP contribution in [0.15, 0.2) is 22.7 Å². The fourth-order valence-electron chi connectivity index (χ4n) is 1.29. The molecule has 0 saturated carbocycles. The normalized spacial score (nSPS) is 12.2. The highest BCUT2D eigenvalue weighted by Crippen LogP contribution is 2.20. The number of carbonyl (C=O) groups is 1. The van der Waals surface area contributed by atoms with Gasteiger partial charge in [0.25, 0.3) is 0 Å². The molecule has 0 aliphatic heterocycles. The molecule has 0 fully saturated rings. The van der Waals surface area contributed by atoms with Gasteiger partial charge >= 0.3 is 5.97 Å². The fourth-order valence-corrected chi connectivity index (χ4v) is 2.22. The van der Waals surface area contributed by atoms with Crippen LogP contribution in [0.25, 0.3) is 0 Å². The maximum Gasteiger partial charge on any atom is 0.320 e. The third-order valence-electron chi connectivity index (χ3n) is 2.19. The highest BCUT2D eigenvalue weighted by atomic mass is 79.9. The molecule has 0 radical (unpaired) electrons. The van der Waals surface area contributed by atoms with Crippen LogP contribution in [0.5, 0.6) is 0 Å². The predicted molar refractivity (Wildman–Crippen MR) is 71.9 cm³/mol. The van der Waals surface area contributed by atoms with Crippen molar-refractivity contribution in [2.45, 2.75) is 25.1 Å². The molecule has 4 heteroatoms. The average Bonchev–Trinajstić information content (AvgIpc) is 2.24. The maximum atomic E-state index is 11.4. The van der Waals surface area contributed by atoms with Gasteiger partial charge in [0.05, 0.1) is 6.61 Å². The van der Waals surface area contributed by atoms with Crippen LogP contribution in [0.3, 0.4) is 0 Å². The van der Waals surface area contributed by atoms with Gasteiger partial charge in [-0.05, 0) is 37.5 Å². The number of alkyl halides is 1. The summed E-state index contributed by atoms with van der Waals surface area (Å²) in [5, 5.41) is 0. The van der Waals surface area contributed by atoms with Crippen molar-refractivity contribution in [3.63, 3.8) is 0 Å². The van der Waals surface area contributed by atoms with E-state index < -0.39 is 0 Å². The zero-order valence-electron chi connectivity index (χ0n) is 9.30. The van der Waals surface area contributed by atoms with Crippen LogP contribution in [-0.4, -0.2) is 17.4 Å². The van der Waals surface area contributed by atoms with E-state index in [0.29, 0.717) is 13.0 Å². The lowest BCUT2D eigenvalue weighted by Gasteiger charge is -2.09. The molecule has 0 aromatic heterocycles. The van der Waals surface area contributed by atoms with E-state index in [0.717, 1.165) is 10.0 Å². The fraction of sp³-hybridized carbons (Fsp3) is 0.417. The lowest BCUT2D eigenvalue weighted by Crippen LogP contribution is -2.19. The van der Waals surface area contributed by atoms with Crippen molar-refractivity contribution in [3.8, 4) is 0 Å². The van der Waals surface area contributed by atoms with Gasteiger partial charge in [-0.1, -0.05) is 44.0 Å². The minimum absolute atomic E-state index is 0.209. The number of ether oxygens (including phenoxy) is 1. The number of carbonyl (C=O) groups excluding carboxylic acids is 1. The topological polar surface area (TPSA) is 26.3 Å². The number of hydrogen-bond donors (Lipinski definition) is 0. The molecule has 1 rings (SSSR count). The van der Waals surface area contributed by atoms with Crippen LogP contribution in [-0.2, 0) is 16.0 Å². The Balaban J connectivity index is 2.66. The van der Waals surface area contributed by atoms with Crippen LogP contribution in [0.4, 0.5) is 0 Å². The Labute approximate surface area is 113 Å². The summed E-state index contributed by atoms with van der Waals surface area (Å²) in [6.07, 6.45) is 0.637. The van der Waals surface area contributed by atoms with Crippen LogP contribution >= 0.6 is 31.9 Å². The van der Waals surface area contributed by atoms with E-state index in [9.17, 15) is 4.79 Å². The van der Waals surface area contributed by atoms with Crippen LogP contribution in [0.1, 0.15) is 18.1 Å². The third kappa shape index (κ3) is 3.91. The van der Waals surface area contributed by atoms with E-state index >= 15 is 0 Å². The maximum absolute atomic E-state index is 11.4. The Hall–Kier alpha value is -0.350. The molecule has 0 bridgehead atoms. The SMILES string of the molecule is CCOC(=O)C(Br)Cc1ccc(C)c(Br)c1. The molecule has 16 heavy (non-hydrogen) atoms. The van der Waals surface area contributed by atoms with Crippen molar-refractivity contribution in [1.29, 1.82) is 0 Å². The number of esters is 1. The van der Waals surface area contributed by atoms with E-state index in [1.54, 1.807) is 6.92 Å². The highest BCUT2D eigenvalue weighted by molar-refractivity contribution is 9.10. The van der Waals surface area contributed by atoms with Gasteiger partial charge < -0.3 is 4.74 Å². The highest BCUT2D eigenvalue weighted by Gasteiger charge is 2.16. The number of benzene rings is 1. The average molecular weight is 350 g/mol. The molecule has 2 nitrogen and oxygen atoms in total. The van der Waals surface area contributed by atoms with Crippen molar-refractivity contribution in [3.05, 3.63) is 33.8 Å². The van der Waals surface area contributed by atoms with E-state index in [-0.39, 0.29) is 10.8 Å². The first-order chi connectivity index (χ1) is 7.54. The number of hydrogen-bond acceptors (Lipinski definition) is 2. The van der Waals surface area contributed by atoms with Crippen molar-refractivity contribution in [2.24, 2.45) is 0 Å². The summed E-state index contributed by atoms with van der Waals surface area (Å²) in [5.74, 6) is -0.209. The van der Waals surface area contributed by atoms with Gasteiger partial charge in [0.15, 0.2) is 0 Å². The molecule has 1 aromatic rings. The van der Waals surface area contributed by atoms with Crippen molar-refractivity contribution in [1.82, 2.24) is 0 Å².